The number of hydrogen-bond donors (Lipinski definition) is 1. The number of nitro groups is 1. The maximum atomic E-state index is 12.6. The molecule has 0 aliphatic rings. The van der Waals surface area contributed by atoms with Gasteiger partial charge in [0.2, 0.25) is 5.91 Å². The van der Waals surface area contributed by atoms with Gasteiger partial charge >= 0.3 is 6.18 Å². The molecule has 1 rings (SSSR count). The molecule has 1 unspecified atom stereocenters. The van der Waals surface area contributed by atoms with Crippen LogP contribution in [0.5, 0.6) is 0 Å². The third-order valence-corrected chi connectivity index (χ3v) is 2.33. The van der Waals surface area contributed by atoms with Crippen LogP contribution in [0.25, 0.3) is 0 Å². The van der Waals surface area contributed by atoms with Crippen LogP contribution in [0.15, 0.2) is 18.2 Å². The highest BCUT2D eigenvalue weighted by atomic mass is 35.5. The molecule has 0 fully saturated rings. The van der Waals surface area contributed by atoms with Crippen molar-refractivity contribution in [1.29, 1.82) is 0 Å². The van der Waals surface area contributed by atoms with Crippen molar-refractivity contribution in [1.82, 2.24) is 0 Å². The van der Waals surface area contributed by atoms with Crippen LogP contribution in [-0.4, -0.2) is 16.2 Å². The summed E-state index contributed by atoms with van der Waals surface area (Å²) >= 11 is 5.45. The average molecular weight is 297 g/mol. The van der Waals surface area contributed by atoms with Crippen molar-refractivity contribution in [2.45, 2.75) is 18.5 Å². The Morgan fingerprint density at radius 1 is 1.47 bits per heavy atom. The highest BCUT2D eigenvalue weighted by molar-refractivity contribution is 6.32. The third kappa shape index (κ3) is 3.82. The molecule has 0 aliphatic heterocycles. The molecule has 0 aliphatic carbocycles. The Morgan fingerprint density at radius 2 is 2.05 bits per heavy atom. The van der Waals surface area contributed by atoms with Gasteiger partial charge in [-0.1, -0.05) is 0 Å². The molecule has 1 aromatic rings. The summed E-state index contributed by atoms with van der Waals surface area (Å²) in [5, 5.41) is 11.7. The molecule has 1 atom stereocenters. The lowest BCUT2D eigenvalue weighted by Crippen LogP contribution is -2.20. The smallest absolute Gasteiger partial charge is 0.325 e. The van der Waals surface area contributed by atoms with E-state index in [9.17, 15) is 28.1 Å². The Bertz CT molecular complexity index is 517. The number of rotatable bonds is 3. The Balaban J connectivity index is 3.19. The topological polar surface area (TPSA) is 72.2 Å². The van der Waals surface area contributed by atoms with Crippen LogP contribution in [0.4, 0.5) is 24.5 Å². The van der Waals surface area contributed by atoms with Gasteiger partial charge < -0.3 is 5.32 Å². The standard InChI is InChI=1S/C10H8ClF3N2O3/c1-5(11)9(17)15-6-2-3-8(16(18)19)7(4-6)10(12,13)14/h2-5H,1H3,(H,15,17). The number of hydrogen-bond acceptors (Lipinski definition) is 3. The van der Waals surface area contributed by atoms with Crippen molar-refractivity contribution in [3.63, 3.8) is 0 Å². The zero-order chi connectivity index (χ0) is 14.8. The van der Waals surface area contributed by atoms with E-state index in [1.165, 1.54) is 6.92 Å². The van der Waals surface area contributed by atoms with Gasteiger partial charge in [-0.15, -0.1) is 11.6 Å². The first kappa shape index (κ1) is 15.2. The number of nitrogens with zero attached hydrogens (tertiary/aromatic N) is 1. The zero-order valence-electron chi connectivity index (χ0n) is 9.49. The van der Waals surface area contributed by atoms with Gasteiger partial charge in [-0.2, -0.15) is 13.2 Å². The van der Waals surface area contributed by atoms with Crippen molar-refractivity contribution in [2.75, 3.05) is 5.32 Å². The fourth-order valence-electron chi connectivity index (χ4n) is 1.24. The SMILES string of the molecule is CC(Cl)C(=O)Nc1ccc([N+](=O)[O-])c(C(F)(F)F)c1. The molecule has 5 nitrogen and oxygen atoms in total. The van der Waals surface area contributed by atoms with Crippen LogP contribution in [0.3, 0.4) is 0 Å². The summed E-state index contributed by atoms with van der Waals surface area (Å²) in [6.45, 7) is 1.34. The largest absolute Gasteiger partial charge is 0.423 e. The Morgan fingerprint density at radius 3 is 2.47 bits per heavy atom. The molecule has 1 aromatic carbocycles. The van der Waals surface area contributed by atoms with Crippen LogP contribution < -0.4 is 5.32 Å². The van der Waals surface area contributed by atoms with Crippen molar-refractivity contribution >= 4 is 28.9 Å². The highest BCUT2D eigenvalue weighted by Gasteiger charge is 2.38. The minimum Gasteiger partial charge on any atom is -0.325 e. The number of carbonyl (C=O) groups is 1. The fourth-order valence-corrected chi connectivity index (χ4v) is 1.30. The number of halogens is 4. The van der Waals surface area contributed by atoms with Crippen molar-refractivity contribution in [3.05, 3.63) is 33.9 Å². The van der Waals surface area contributed by atoms with Gasteiger partial charge in [-0.25, -0.2) is 0 Å². The molecule has 0 radical (unpaired) electrons. The van der Waals surface area contributed by atoms with Crippen molar-refractivity contribution < 1.29 is 22.9 Å². The summed E-state index contributed by atoms with van der Waals surface area (Å²) in [5.41, 5.74) is -2.72. The van der Waals surface area contributed by atoms with E-state index in [-0.39, 0.29) is 5.69 Å². The summed E-state index contributed by atoms with van der Waals surface area (Å²) < 4.78 is 37.9. The quantitative estimate of drug-likeness (QED) is 0.529. The first-order valence-corrected chi connectivity index (χ1v) is 5.37. The molecule has 0 bridgehead atoms. The molecular formula is C10H8ClF3N2O3. The molecule has 0 spiro atoms. The summed E-state index contributed by atoms with van der Waals surface area (Å²) in [6.07, 6.45) is -4.89. The molecule has 0 saturated heterocycles. The van der Waals surface area contributed by atoms with Gasteiger partial charge in [0.1, 0.15) is 10.9 Å². The van der Waals surface area contributed by atoms with E-state index < -0.39 is 33.6 Å². The van der Waals surface area contributed by atoms with Gasteiger partial charge in [0, 0.05) is 11.8 Å². The number of anilines is 1. The van der Waals surface area contributed by atoms with Crippen LogP contribution in [0, 0.1) is 10.1 Å². The van der Waals surface area contributed by atoms with Gasteiger partial charge in [0.25, 0.3) is 5.69 Å². The predicted molar refractivity (Wildman–Crippen MR) is 62.0 cm³/mol. The summed E-state index contributed by atoms with van der Waals surface area (Å²) in [4.78, 5) is 20.6. The zero-order valence-corrected chi connectivity index (χ0v) is 10.2. The average Bonchev–Trinajstić information content (AvgIpc) is 2.27. The number of nitro benzene ring substituents is 1. The maximum absolute atomic E-state index is 12.6. The predicted octanol–water partition coefficient (Wildman–Crippen LogP) is 3.18. The fraction of sp³-hybridized carbons (Fsp3) is 0.300. The highest BCUT2D eigenvalue weighted by Crippen LogP contribution is 2.37. The van der Waals surface area contributed by atoms with Gasteiger partial charge in [0.15, 0.2) is 0 Å². The van der Waals surface area contributed by atoms with E-state index in [1.807, 2.05) is 0 Å². The molecule has 0 aromatic heterocycles. The Labute approximate surface area is 110 Å². The molecule has 9 heteroatoms. The molecule has 19 heavy (non-hydrogen) atoms. The van der Waals surface area contributed by atoms with Crippen LogP contribution >= 0.6 is 11.6 Å². The molecule has 0 saturated carbocycles. The molecule has 1 amide bonds. The molecule has 0 heterocycles. The second-order valence-electron chi connectivity index (χ2n) is 3.59. The second kappa shape index (κ2) is 5.43. The lowest BCUT2D eigenvalue weighted by molar-refractivity contribution is -0.388. The summed E-state index contributed by atoms with van der Waals surface area (Å²) in [7, 11) is 0. The maximum Gasteiger partial charge on any atom is 0.423 e. The first-order valence-electron chi connectivity index (χ1n) is 4.93. The van der Waals surface area contributed by atoms with Gasteiger partial charge in [-0.3, -0.25) is 14.9 Å². The molecular weight excluding hydrogens is 289 g/mol. The van der Waals surface area contributed by atoms with E-state index in [0.717, 1.165) is 6.07 Å². The lowest BCUT2D eigenvalue weighted by Gasteiger charge is -2.11. The van der Waals surface area contributed by atoms with Crippen molar-refractivity contribution in [2.24, 2.45) is 0 Å². The van der Waals surface area contributed by atoms with Crippen LogP contribution in [-0.2, 0) is 11.0 Å². The van der Waals surface area contributed by atoms with Crippen LogP contribution in [0.1, 0.15) is 12.5 Å². The first-order chi connectivity index (χ1) is 8.62. The number of amides is 1. The minimum absolute atomic E-state index is 0.213. The monoisotopic (exact) mass is 296 g/mol. The normalized spacial score (nSPS) is 12.9. The Kier molecular flexibility index (Phi) is 4.35. The number of carbonyl (C=O) groups excluding carboxylic acids is 1. The van der Waals surface area contributed by atoms with Crippen molar-refractivity contribution in [3.8, 4) is 0 Å². The summed E-state index contributed by atoms with van der Waals surface area (Å²) in [5.74, 6) is -0.705. The van der Waals surface area contributed by atoms with E-state index >= 15 is 0 Å². The van der Waals surface area contributed by atoms with Gasteiger partial charge in [0.05, 0.1) is 4.92 Å². The van der Waals surface area contributed by atoms with E-state index in [1.54, 1.807) is 0 Å². The van der Waals surface area contributed by atoms with Gasteiger partial charge in [-0.05, 0) is 19.1 Å². The van der Waals surface area contributed by atoms with E-state index in [4.69, 9.17) is 11.6 Å². The van der Waals surface area contributed by atoms with E-state index in [2.05, 4.69) is 5.32 Å². The van der Waals surface area contributed by atoms with E-state index in [0.29, 0.717) is 12.1 Å². The number of benzene rings is 1. The Hall–Kier alpha value is -1.83. The second-order valence-corrected chi connectivity index (χ2v) is 4.25. The third-order valence-electron chi connectivity index (χ3n) is 2.13. The lowest BCUT2D eigenvalue weighted by atomic mass is 10.1. The molecule has 104 valence electrons. The number of alkyl halides is 4. The number of nitrogens with one attached hydrogen (secondary N) is 1. The minimum atomic E-state index is -4.89. The summed E-state index contributed by atoms with van der Waals surface area (Å²) in [6, 6.07) is 2.18. The van der Waals surface area contributed by atoms with Crippen LogP contribution in [0.2, 0.25) is 0 Å². The molecule has 1 N–H and O–H groups in total.